The number of para-hydroxylation sites is 1. The Balaban J connectivity index is 1.69. The minimum Gasteiger partial charge on any atom is -0.493 e. The van der Waals surface area contributed by atoms with E-state index < -0.39 is 0 Å². The average Bonchev–Trinajstić information content (AvgIpc) is 2.57. The number of carbonyl (C=O) groups is 1. The molecule has 0 aliphatic carbocycles. The van der Waals surface area contributed by atoms with Crippen LogP contribution in [0.3, 0.4) is 0 Å². The molecule has 5 heteroatoms. The van der Waals surface area contributed by atoms with Crippen LogP contribution in [0.15, 0.2) is 47.4 Å². The number of benzene rings is 2. The van der Waals surface area contributed by atoms with Gasteiger partial charge >= 0.3 is 6.03 Å². The number of aryl methyl sites for hydroxylation is 2. The minimum atomic E-state index is -0.194. The van der Waals surface area contributed by atoms with E-state index in [1.165, 1.54) is 0 Å². The molecule has 4 nitrogen and oxygen atoms in total. The van der Waals surface area contributed by atoms with Crippen molar-refractivity contribution >= 4 is 23.5 Å². The van der Waals surface area contributed by atoms with E-state index in [1.54, 1.807) is 11.8 Å². The Morgan fingerprint density at radius 3 is 2.54 bits per heavy atom. The standard InChI is InChI=1S/C19H24N2O2S/c1-14-7-4-8-15(2)18(14)23-12-6-11-20-19(22)21-16-9-5-10-17(13-16)24-3/h4-5,7-10,13H,6,11-12H2,1-3H3,(H2,20,21,22). The summed E-state index contributed by atoms with van der Waals surface area (Å²) in [6, 6.07) is 13.7. The van der Waals surface area contributed by atoms with Crippen LogP contribution in [0.1, 0.15) is 17.5 Å². The largest absolute Gasteiger partial charge is 0.493 e. The zero-order valence-corrected chi connectivity index (χ0v) is 15.2. The second-order valence-electron chi connectivity index (χ2n) is 5.54. The summed E-state index contributed by atoms with van der Waals surface area (Å²) in [5.41, 5.74) is 3.06. The number of rotatable bonds is 7. The van der Waals surface area contributed by atoms with Gasteiger partial charge in [-0.25, -0.2) is 4.79 Å². The van der Waals surface area contributed by atoms with Crippen molar-refractivity contribution in [1.29, 1.82) is 0 Å². The maximum Gasteiger partial charge on any atom is 0.319 e. The summed E-state index contributed by atoms with van der Waals surface area (Å²) in [7, 11) is 0. The molecule has 0 heterocycles. The lowest BCUT2D eigenvalue weighted by atomic mass is 10.1. The van der Waals surface area contributed by atoms with Crippen LogP contribution in [0.2, 0.25) is 0 Å². The third-order valence-electron chi connectivity index (χ3n) is 3.59. The van der Waals surface area contributed by atoms with Crippen molar-refractivity contribution in [3.8, 4) is 5.75 Å². The van der Waals surface area contributed by atoms with Crippen LogP contribution in [0.25, 0.3) is 0 Å². The molecule has 0 saturated heterocycles. The third kappa shape index (κ3) is 5.49. The Morgan fingerprint density at radius 2 is 1.83 bits per heavy atom. The van der Waals surface area contributed by atoms with E-state index in [4.69, 9.17) is 4.74 Å². The van der Waals surface area contributed by atoms with Crippen molar-refractivity contribution in [2.24, 2.45) is 0 Å². The fraction of sp³-hybridized carbons (Fsp3) is 0.316. The van der Waals surface area contributed by atoms with Crippen LogP contribution in [0, 0.1) is 13.8 Å². The first-order valence-electron chi connectivity index (χ1n) is 7.98. The summed E-state index contributed by atoms with van der Waals surface area (Å²) in [5.74, 6) is 0.941. The van der Waals surface area contributed by atoms with Crippen LogP contribution in [-0.4, -0.2) is 25.4 Å². The van der Waals surface area contributed by atoms with Crippen molar-refractivity contribution in [2.45, 2.75) is 25.2 Å². The lowest BCUT2D eigenvalue weighted by Gasteiger charge is -2.12. The highest BCUT2D eigenvalue weighted by atomic mass is 32.2. The normalized spacial score (nSPS) is 10.3. The summed E-state index contributed by atoms with van der Waals surface area (Å²) in [4.78, 5) is 13.0. The number of carbonyl (C=O) groups excluding carboxylic acids is 1. The number of amides is 2. The highest BCUT2D eigenvalue weighted by molar-refractivity contribution is 7.98. The van der Waals surface area contributed by atoms with Gasteiger partial charge in [0.05, 0.1) is 6.61 Å². The second-order valence-corrected chi connectivity index (χ2v) is 6.42. The molecule has 0 atom stereocenters. The van der Waals surface area contributed by atoms with Gasteiger partial charge in [0.25, 0.3) is 0 Å². The second kappa shape index (κ2) is 9.23. The number of ether oxygens (including phenoxy) is 1. The Labute approximate surface area is 148 Å². The molecular formula is C19H24N2O2S. The van der Waals surface area contributed by atoms with Gasteiger partial charge in [-0.05, 0) is 55.9 Å². The number of nitrogens with one attached hydrogen (secondary N) is 2. The van der Waals surface area contributed by atoms with Crippen LogP contribution >= 0.6 is 11.8 Å². The Kier molecular flexibility index (Phi) is 7.00. The molecule has 0 aliphatic rings. The molecule has 2 rings (SSSR count). The zero-order valence-electron chi connectivity index (χ0n) is 14.4. The predicted molar refractivity (Wildman–Crippen MR) is 101 cm³/mol. The van der Waals surface area contributed by atoms with Crippen molar-refractivity contribution < 1.29 is 9.53 Å². The van der Waals surface area contributed by atoms with Gasteiger partial charge < -0.3 is 15.4 Å². The van der Waals surface area contributed by atoms with E-state index in [0.717, 1.165) is 33.9 Å². The van der Waals surface area contributed by atoms with Crippen LogP contribution in [-0.2, 0) is 0 Å². The van der Waals surface area contributed by atoms with E-state index >= 15 is 0 Å². The summed E-state index contributed by atoms with van der Waals surface area (Å²) in [6.45, 7) is 5.22. The van der Waals surface area contributed by atoms with E-state index in [1.807, 2.05) is 62.6 Å². The lowest BCUT2D eigenvalue weighted by molar-refractivity contribution is 0.250. The molecule has 0 radical (unpaired) electrons. The Morgan fingerprint density at radius 1 is 1.12 bits per heavy atom. The Hall–Kier alpha value is -2.14. The molecule has 0 unspecified atom stereocenters. The highest BCUT2D eigenvalue weighted by Crippen LogP contribution is 2.22. The van der Waals surface area contributed by atoms with Crippen LogP contribution in [0.5, 0.6) is 5.75 Å². The topological polar surface area (TPSA) is 50.4 Å². The van der Waals surface area contributed by atoms with Crippen molar-refractivity contribution in [3.05, 3.63) is 53.6 Å². The van der Waals surface area contributed by atoms with E-state index in [2.05, 4.69) is 10.6 Å². The van der Waals surface area contributed by atoms with Gasteiger partial charge in [0.2, 0.25) is 0 Å². The predicted octanol–water partition coefficient (Wildman–Crippen LogP) is 4.62. The maximum absolute atomic E-state index is 11.9. The summed E-state index contributed by atoms with van der Waals surface area (Å²) >= 11 is 1.65. The van der Waals surface area contributed by atoms with Crippen molar-refractivity contribution in [1.82, 2.24) is 5.32 Å². The van der Waals surface area contributed by atoms with Gasteiger partial charge in [0.15, 0.2) is 0 Å². The van der Waals surface area contributed by atoms with E-state index in [0.29, 0.717) is 13.2 Å². The highest BCUT2D eigenvalue weighted by Gasteiger charge is 2.04. The van der Waals surface area contributed by atoms with E-state index in [-0.39, 0.29) is 6.03 Å². The van der Waals surface area contributed by atoms with Gasteiger partial charge in [0.1, 0.15) is 5.75 Å². The molecule has 128 valence electrons. The molecule has 0 spiro atoms. The molecule has 0 aliphatic heterocycles. The summed E-state index contributed by atoms with van der Waals surface area (Å²) < 4.78 is 5.82. The molecule has 0 saturated carbocycles. The zero-order chi connectivity index (χ0) is 17.4. The number of thioether (sulfide) groups is 1. The van der Waals surface area contributed by atoms with Crippen molar-refractivity contribution in [3.63, 3.8) is 0 Å². The number of hydrogen-bond acceptors (Lipinski definition) is 3. The molecular weight excluding hydrogens is 320 g/mol. The van der Waals surface area contributed by atoms with Gasteiger partial charge in [-0.15, -0.1) is 11.8 Å². The van der Waals surface area contributed by atoms with Gasteiger partial charge in [-0.2, -0.15) is 0 Å². The van der Waals surface area contributed by atoms with Crippen LogP contribution < -0.4 is 15.4 Å². The smallest absolute Gasteiger partial charge is 0.319 e. The molecule has 24 heavy (non-hydrogen) atoms. The SMILES string of the molecule is CSc1cccc(NC(=O)NCCCOc2c(C)cccc2C)c1. The summed E-state index contributed by atoms with van der Waals surface area (Å²) in [6.07, 6.45) is 2.77. The first-order chi connectivity index (χ1) is 11.6. The molecule has 2 N–H and O–H groups in total. The molecule has 0 aromatic heterocycles. The first-order valence-corrected chi connectivity index (χ1v) is 9.20. The molecule has 2 aromatic rings. The maximum atomic E-state index is 11.9. The van der Waals surface area contributed by atoms with Crippen LogP contribution in [0.4, 0.5) is 10.5 Å². The monoisotopic (exact) mass is 344 g/mol. The lowest BCUT2D eigenvalue weighted by Crippen LogP contribution is -2.30. The first kappa shape index (κ1) is 18.2. The molecule has 2 amide bonds. The van der Waals surface area contributed by atoms with Crippen molar-refractivity contribution in [2.75, 3.05) is 24.7 Å². The number of urea groups is 1. The molecule has 0 fully saturated rings. The minimum absolute atomic E-state index is 0.194. The molecule has 2 aromatic carbocycles. The molecule has 0 bridgehead atoms. The number of hydrogen-bond donors (Lipinski definition) is 2. The van der Waals surface area contributed by atoms with Gasteiger partial charge in [-0.3, -0.25) is 0 Å². The van der Waals surface area contributed by atoms with Gasteiger partial charge in [0, 0.05) is 17.1 Å². The number of anilines is 1. The Bertz CT molecular complexity index is 669. The van der Waals surface area contributed by atoms with E-state index in [9.17, 15) is 4.79 Å². The third-order valence-corrected chi connectivity index (χ3v) is 4.31. The quantitative estimate of drug-likeness (QED) is 0.569. The average molecular weight is 344 g/mol. The fourth-order valence-corrected chi connectivity index (χ4v) is 2.81. The fourth-order valence-electron chi connectivity index (χ4n) is 2.35. The summed E-state index contributed by atoms with van der Waals surface area (Å²) in [5, 5.41) is 5.69. The van der Waals surface area contributed by atoms with Gasteiger partial charge in [-0.1, -0.05) is 24.3 Å².